The maximum atomic E-state index is 14.2. The second kappa shape index (κ2) is 6.95. The molecule has 0 bridgehead atoms. The van der Waals surface area contributed by atoms with Crippen molar-refractivity contribution in [2.75, 3.05) is 6.54 Å². The summed E-state index contributed by atoms with van der Waals surface area (Å²) in [5.41, 5.74) is 2.67. The van der Waals surface area contributed by atoms with E-state index in [-0.39, 0.29) is 11.9 Å². The van der Waals surface area contributed by atoms with Crippen LogP contribution in [0.2, 0.25) is 0 Å². The van der Waals surface area contributed by atoms with Crippen LogP contribution in [0.5, 0.6) is 0 Å². The summed E-state index contributed by atoms with van der Waals surface area (Å²) >= 11 is 3.42. The van der Waals surface area contributed by atoms with Crippen molar-refractivity contribution in [2.24, 2.45) is 0 Å². The molecule has 1 aromatic carbocycles. The molecule has 0 aliphatic rings. The van der Waals surface area contributed by atoms with Crippen molar-refractivity contribution in [2.45, 2.75) is 26.3 Å². The van der Waals surface area contributed by atoms with Crippen LogP contribution < -0.4 is 5.32 Å². The number of pyridine rings is 1. The molecule has 0 spiro atoms. The average molecular weight is 337 g/mol. The Bertz CT molecular complexity index is 586. The normalized spacial score (nSPS) is 12.4. The van der Waals surface area contributed by atoms with Gasteiger partial charge >= 0.3 is 0 Å². The van der Waals surface area contributed by atoms with Gasteiger partial charge in [0.15, 0.2) is 0 Å². The van der Waals surface area contributed by atoms with Crippen LogP contribution in [0, 0.1) is 12.7 Å². The predicted molar refractivity (Wildman–Crippen MR) is 83.2 cm³/mol. The number of nitrogens with one attached hydrogen (secondary N) is 1. The predicted octanol–water partition coefficient (Wildman–Crippen LogP) is 4.38. The van der Waals surface area contributed by atoms with Crippen LogP contribution in [0.3, 0.4) is 0 Å². The van der Waals surface area contributed by atoms with Crippen molar-refractivity contribution in [1.82, 2.24) is 10.3 Å². The molecule has 4 heteroatoms. The van der Waals surface area contributed by atoms with Crippen molar-refractivity contribution in [3.63, 3.8) is 0 Å². The number of aromatic nitrogens is 1. The molecule has 2 rings (SSSR count). The minimum Gasteiger partial charge on any atom is -0.306 e. The maximum absolute atomic E-state index is 14.2. The smallest absolute Gasteiger partial charge is 0.128 e. The van der Waals surface area contributed by atoms with E-state index in [1.807, 2.05) is 19.1 Å². The second-order valence-electron chi connectivity index (χ2n) is 4.85. The first-order valence-electron chi connectivity index (χ1n) is 6.71. The van der Waals surface area contributed by atoms with E-state index in [9.17, 15) is 4.39 Å². The SMILES string of the molecule is CCCNC(c1cncc(Br)c1)c1cc(C)ccc1F. The van der Waals surface area contributed by atoms with E-state index in [2.05, 4.69) is 33.2 Å². The Hall–Kier alpha value is -1.26. The van der Waals surface area contributed by atoms with Crippen molar-refractivity contribution in [1.29, 1.82) is 0 Å². The molecule has 20 heavy (non-hydrogen) atoms. The number of aryl methyl sites for hydroxylation is 1. The van der Waals surface area contributed by atoms with Gasteiger partial charge in [0, 0.05) is 22.4 Å². The molecule has 1 N–H and O–H groups in total. The lowest BCUT2D eigenvalue weighted by Crippen LogP contribution is -2.24. The van der Waals surface area contributed by atoms with Crippen LogP contribution in [0.15, 0.2) is 41.1 Å². The van der Waals surface area contributed by atoms with Crippen molar-refractivity contribution < 1.29 is 4.39 Å². The van der Waals surface area contributed by atoms with Gasteiger partial charge in [-0.15, -0.1) is 0 Å². The summed E-state index contributed by atoms with van der Waals surface area (Å²) < 4.78 is 15.1. The Morgan fingerprint density at radius 2 is 2.10 bits per heavy atom. The topological polar surface area (TPSA) is 24.9 Å². The van der Waals surface area contributed by atoms with Crippen molar-refractivity contribution in [3.8, 4) is 0 Å². The Labute approximate surface area is 127 Å². The zero-order chi connectivity index (χ0) is 14.5. The summed E-state index contributed by atoms with van der Waals surface area (Å²) in [7, 11) is 0. The molecule has 0 aliphatic carbocycles. The van der Waals surface area contributed by atoms with Gasteiger partial charge in [-0.2, -0.15) is 0 Å². The summed E-state index contributed by atoms with van der Waals surface area (Å²) in [4.78, 5) is 4.18. The van der Waals surface area contributed by atoms with E-state index < -0.39 is 0 Å². The standard InChI is InChI=1S/C16H18BrFN2/c1-3-6-20-16(12-8-13(17)10-19-9-12)14-7-11(2)4-5-15(14)18/h4-5,7-10,16,20H,3,6H2,1-2H3. The van der Waals surface area contributed by atoms with E-state index in [0.717, 1.165) is 28.6 Å². The lowest BCUT2D eigenvalue weighted by Gasteiger charge is -2.20. The molecule has 0 aliphatic heterocycles. The molecule has 0 saturated heterocycles. The largest absolute Gasteiger partial charge is 0.306 e. The molecule has 2 nitrogen and oxygen atoms in total. The average Bonchev–Trinajstić information content (AvgIpc) is 2.43. The molecule has 1 atom stereocenters. The van der Waals surface area contributed by atoms with Crippen LogP contribution in [-0.2, 0) is 0 Å². The Kier molecular flexibility index (Phi) is 5.26. The molecule has 2 aromatic rings. The lowest BCUT2D eigenvalue weighted by atomic mass is 9.98. The summed E-state index contributed by atoms with van der Waals surface area (Å²) in [6.07, 6.45) is 4.50. The van der Waals surface area contributed by atoms with Crippen LogP contribution in [0.1, 0.15) is 36.1 Å². The Morgan fingerprint density at radius 1 is 1.30 bits per heavy atom. The highest BCUT2D eigenvalue weighted by Crippen LogP contribution is 2.26. The van der Waals surface area contributed by atoms with E-state index >= 15 is 0 Å². The molecule has 0 amide bonds. The summed E-state index contributed by atoms with van der Waals surface area (Å²) in [5, 5.41) is 3.40. The number of hydrogen-bond acceptors (Lipinski definition) is 2. The molecule has 106 valence electrons. The first-order chi connectivity index (χ1) is 9.61. The number of halogens is 2. The minimum atomic E-state index is -0.191. The van der Waals surface area contributed by atoms with Crippen LogP contribution >= 0.6 is 15.9 Å². The van der Waals surface area contributed by atoms with Gasteiger partial charge in [0.2, 0.25) is 0 Å². The van der Waals surface area contributed by atoms with Gasteiger partial charge in [0.25, 0.3) is 0 Å². The summed E-state index contributed by atoms with van der Waals surface area (Å²) in [6, 6.07) is 7.00. The molecule has 0 fully saturated rings. The highest BCUT2D eigenvalue weighted by atomic mass is 79.9. The fraction of sp³-hybridized carbons (Fsp3) is 0.312. The first kappa shape index (κ1) is 15.1. The van der Waals surface area contributed by atoms with E-state index in [1.54, 1.807) is 18.5 Å². The van der Waals surface area contributed by atoms with Gasteiger partial charge < -0.3 is 5.32 Å². The highest BCUT2D eigenvalue weighted by Gasteiger charge is 2.18. The van der Waals surface area contributed by atoms with E-state index in [1.165, 1.54) is 6.07 Å². The Morgan fingerprint density at radius 3 is 2.80 bits per heavy atom. The number of hydrogen-bond donors (Lipinski definition) is 1. The van der Waals surface area contributed by atoms with Crippen LogP contribution in [-0.4, -0.2) is 11.5 Å². The third-order valence-corrected chi connectivity index (χ3v) is 3.55. The van der Waals surface area contributed by atoms with E-state index in [0.29, 0.717) is 5.56 Å². The van der Waals surface area contributed by atoms with Gasteiger partial charge in [0.1, 0.15) is 5.82 Å². The van der Waals surface area contributed by atoms with Crippen molar-refractivity contribution >= 4 is 15.9 Å². The molecule has 1 heterocycles. The van der Waals surface area contributed by atoms with Crippen LogP contribution in [0.25, 0.3) is 0 Å². The zero-order valence-corrected chi connectivity index (χ0v) is 13.2. The summed E-state index contributed by atoms with van der Waals surface area (Å²) in [6.45, 7) is 4.89. The fourth-order valence-electron chi connectivity index (χ4n) is 2.17. The second-order valence-corrected chi connectivity index (χ2v) is 5.76. The highest BCUT2D eigenvalue weighted by molar-refractivity contribution is 9.10. The fourth-order valence-corrected chi connectivity index (χ4v) is 2.55. The minimum absolute atomic E-state index is 0.181. The maximum Gasteiger partial charge on any atom is 0.128 e. The number of benzene rings is 1. The van der Waals surface area contributed by atoms with E-state index in [4.69, 9.17) is 0 Å². The molecule has 0 saturated carbocycles. The third kappa shape index (κ3) is 3.64. The van der Waals surface area contributed by atoms with Gasteiger partial charge in [-0.05, 0) is 53.5 Å². The lowest BCUT2D eigenvalue weighted by molar-refractivity contribution is 0.545. The monoisotopic (exact) mass is 336 g/mol. The van der Waals surface area contributed by atoms with Gasteiger partial charge in [0.05, 0.1) is 6.04 Å². The van der Waals surface area contributed by atoms with Crippen LogP contribution in [0.4, 0.5) is 4.39 Å². The zero-order valence-electron chi connectivity index (χ0n) is 11.7. The number of rotatable bonds is 5. The molecular weight excluding hydrogens is 319 g/mol. The summed E-state index contributed by atoms with van der Waals surface area (Å²) in [5.74, 6) is -0.191. The van der Waals surface area contributed by atoms with Gasteiger partial charge in [-0.25, -0.2) is 4.39 Å². The van der Waals surface area contributed by atoms with Gasteiger partial charge in [-0.3, -0.25) is 4.98 Å². The third-order valence-electron chi connectivity index (χ3n) is 3.12. The molecule has 1 aromatic heterocycles. The van der Waals surface area contributed by atoms with Gasteiger partial charge in [-0.1, -0.05) is 24.6 Å². The molecule has 1 unspecified atom stereocenters. The molecular formula is C16H18BrFN2. The quantitative estimate of drug-likeness (QED) is 0.876. The number of nitrogens with zero attached hydrogens (tertiary/aromatic N) is 1. The molecule has 0 radical (unpaired) electrons. The Balaban J connectivity index is 2.44. The first-order valence-corrected chi connectivity index (χ1v) is 7.51. The van der Waals surface area contributed by atoms with Crippen molar-refractivity contribution in [3.05, 3.63) is 63.6 Å².